The Morgan fingerprint density at radius 3 is 2.73 bits per heavy atom. The maximum absolute atomic E-state index is 14.2. The predicted octanol–water partition coefficient (Wildman–Crippen LogP) is 4.28. The van der Waals surface area contributed by atoms with Crippen molar-refractivity contribution in [1.29, 1.82) is 0 Å². The lowest BCUT2D eigenvalue weighted by Crippen LogP contribution is -2.43. The SMILES string of the molecule is Cc1cccc(C(=O)N(CCN2CCOCC2)c2nc3c(F)cc(F)cc3s2)c1.Cl. The number of morpholine rings is 1. The first-order valence-electron chi connectivity index (χ1n) is 9.45. The zero-order chi connectivity index (χ0) is 20.4. The predicted molar refractivity (Wildman–Crippen MR) is 117 cm³/mol. The fourth-order valence-corrected chi connectivity index (χ4v) is 4.37. The second-order valence-electron chi connectivity index (χ2n) is 7.01. The van der Waals surface area contributed by atoms with Crippen molar-refractivity contribution in [1.82, 2.24) is 9.88 Å². The molecule has 1 fully saturated rings. The van der Waals surface area contributed by atoms with Crippen molar-refractivity contribution in [3.8, 4) is 0 Å². The highest BCUT2D eigenvalue weighted by atomic mass is 35.5. The van der Waals surface area contributed by atoms with Crippen LogP contribution in [0.25, 0.3) is 10.2 Å². The largest absolute Gasteiger partial charge is 0.379 e. The van der Waals surface area contributed by atoms with Crippen molar-refractivity contribution in [2.75, 3.05) is 44.3 Å². The number of aryl methyl sites for hydroxylation is 1. The number of rotatable bonds is 5. The number of ether oxygens (including phenoxy) is 1. The van der Waals surface area contributed by atoms with Gasteiger partial charge in [-0.15, -0.1) is 12.4 Å². The van der Waals surface area contributed by atoms with E-state index in [0.717, 1.165) is 36.1 Å². The number of benzene rings is 2. The lowest BCUT2D eigenvalue weighted by atomic mass is 10.1. The van der Waals surface area contributed by atoms with E-state index in [0.29, 0.717) is 41.7 Å². The number of fused-ring (bicyclic) bond motifs is 1. The van der Waals surface area contributed by atoms with Gasteiger partial charge in [-0.3, -0.25) is 14.6 Å². The minimum absolute atomic E-state index is 0. The second kappa shape index (κ2) is 9.78. The second-order valence-corrected chi connectivity index (χ2v) is 8.02. The molecule has 1 saturated heterocycles. The number of aromatic nitrogens is 1. The zero-order valence-corrected chi connectivity index (χ0v) is 18.1. The molecule has 1 aliphatic heterocycles. The number of carbonyl (C=O) groups is 1. The fraction of sp³-hybridized carbons (Fsp3) is 0.333. The number of hydrogen-bond acceptors (Lipinski definition) is 5. The summed E-state index contributed by atoms with van der Waals surface area (Å²) in [5.74, 6) is -1.59. The highest BCUT2D eigenvalue weighted by Gasteiger charge is 2.24. The fourth-order valence-electron chi connectivity index (χ4n) is 3.35. The smallest absolute Gasteiger partial charge is 0.260 e. The standard InChI is InChI=1S/C21H21F2N3O2S.ClH/c1-14-3-2-4-15(11-14)20(27)26(6-5-25-7-9-28-10-8-25)21-24-19-17(23)12-16(22)13-18(19)29-21;/h2-4,11-13H,5-10H2,1H3;1H. The average molecular weight is 454 g/mol. The molecule has 4 rings (SSSR count). The monoisotopic (exact) mass is 453 g/mol. The van der Waals surface area contributed by atoms with Crippen LogP contribution in [-0.2, 0) is 4.74 Å². The van der Waals surface area contributed by atoms with E-state index in [-0.39, 0.29) is 23.8 Å². The minimum Gasteiger partial charge on any atom is -0.379 e. The van der Waals surface area contributed by atoms with Crippen LogP contribution in [0.2, 0.25) is 0 Å². The summed E-state index contributed by atoms with van der Waals surface area (Å²) in [5.41, 5.74) is 1.60. The van der Waals surface area contributed by atoms with Gasteiger partial charge in [0.2, 0.25) is 0 Å². The molecule has 0 unspecified atom stereocenters. The first-order valence-corrected chi connectivity index (χ1v) is 10.3. The van der Waals surface area contributed by atoms with Gasteiger partial charge in [0.1, 0.15) is 11.3 Å². The average Bonchev–Trinajstić information content (AvgIpc) is 3.13. The third-order valence-corrected chi connectivity index (χ3v) is 5.91. The van der Waals surface area contributed by atoms with E-state index in [2.05, 4.69) is 9.88 Å². The summed E-state index contributed by atoms with van der Waals surface area (Å²) in [6, 6.07) is 9.38. The maximum Gasteiger partial charge on any atom is 0.260 e. The third kappa shape index (κ3) is 4.95. The molecule has 0 radical (unpaired) electrons. The Morgan fingerprint density at radius 1 is 1.23 bits per heavy atom. The van der Waals surface area contributed by atoms with Crippen molar-refractivity contribution in [3.05, 3.63) is 59.2 Å². The summed E-state index contributed by atoms with van der Waals surface area (Å²) in [6.45, 7) is 5.89. The number of hydrogen-bond donors (Lipinski definition) is 0. The Balaban J connectivity index is 0.00000256. The van der Waals surface area contributed by atoms with Crippen molar-refractivity contribution < 1.29 is 18.3 Å². The van der Waals surface area contributed by atoms with Crippen LogP contribution < -0.4 is 4.90 Å². The summed E-state index contributed by atoms with van der Waals surface area (Å²) >= 11 is 1.12. The summed E-state index contributed by atoms with van der Waals surface area (Å²) in [6.07, 6.45) is 0. The summed E-state index contributed by atoms with van der Waals surface area (Å²) < 4.78 is 33.5. The number of carbonyl (C=O) groups excluding carboxylic acids is 1. The number of anilines is 1. The van der Waals surface area contributed by atoms with Crippen LogP contribution in [0.3, 0.4) is 0 Å². The molecule has 1 aliphatic rings. The molecule has 2 heterocycles. The summed E-state index contributed by atoms with van der Waals surface area (Å²) in [7, 11) is 0. The Labute approximate surface area is 183 Å². The van der Waals surface area contributed by atoms with Crippen LogP contribution in [0.1, 0.15) is 15.9 Å². The van der Waals surface area contributed by atoms with Gasteiger partial charge in [0.25, 0.3) is 5.91 Å². The van der Waals surface area contributed by atoms with Crippen LogP contribution in [0.5, 0.6) is 0 Å². The van der Waals surface area contributed by atoms with E-state index in [4.69, 9.17) is 4.74 Å². The van der Waals surface area contributed by atoms with Crippen LogP contribution in [0.4, 0.5) is 13.9 Å². The maximum atomic E-state index is 14.2. The molecule has 160 valence electrons. The van der Waals surface area contributed by atoms with Crippen LogP contribution in [-0.4, -0.2) is 55.2 Å². The van der Waals surface area contributed by atoms with E-state index >= 15 is 0 Å². The highest BCUT2D eigenvalue weighted by molar-refractivity contribution is 7.22. The third-order valence-electron chi connectivity index (χ3n) is 4.89. The normalized spacial score (nSPS) is 14.5. The summed E-state index contributed by atoms with van der Waals surface area (Å²) in [4.78, 5) is 21.4. The molecule has 30 heavy (non-hydrogen) atoms. The Hall–Kier alpha value is -2.13. The van der Waals surface area contributed by atoms with Gasteiger partial charge in [-0.1, -0.05) is 29.0 Å². The van der Waals surface area contributed by atoms with Gasteiger partial charge in [0.05, 0.1) is 17.9 Å². The first-order chi connectivity index (χ1) is 14.0. The number of halogens is 3. The lowest BCUT2D eigenvalue weighted by Gasteiger charge is -2.29. The Bertz CT molecular complexity index is 1040. The number of thiazole rings is 1. The van der Waals surface area contributed by atoms with Crippen LogP contribution in [0, 0.1) is 18.6 Å². The van der Waals surface area contributed by atoms with Gasteiger partial charge < -0.3 is 4.74 Å². The van der Waals surface area contributed by atoms with Gasteiger partial charge in [0, 0.05) is 37.8 Å². The van der Waals surface area contributed by atoms with Crippen molar-refractivity contribution in [3.63, 3.8) is 0 Å². The van der Waals surface area contributed by atoms with E-state index in [1.807, 2.05) is 25.1 Å². The van der Waals surface area contributed by atoms with Gasteiger partial charge in [0.15, 0.2) is 10.9 Å². The molecule has 3 aromatic rings. The molecule has 0 bridgehead atoms. The van der Waals surface area contributed by atoms with Gasteiger partial charge in [-0.25, -0.2) is 13.8 Å². The lowest BCUT2D eigenvalue weighted by molar-refractivity contribution is 0.0391. The Kier molecular flexibility index (Phi) is 7.36. The van der Waals surface area contributed by atoms with E-state index < -0.39 is 11.6 Å². The van der Waals surface area contributed by atoms with Crippen molar-refractivity contribution in [2.45, 2.75) is 6.92 Å². The topological polar surface area (TPSA) is 45.7 Å². The highest BCUT2D eigenvalue weighted by Crippen LogP contribution is 2.32. The Morgan fingerprint density at radius 2 is 2.00 bits per heavy atom. The molecule has 0 spiro atoms. The molecule has 0 atom stereocenters. The minimum atomic E-state index is -0.723. The molecule has 0 saturated carbocycles. The van der Waals surface area contributed by atoms with Crippen molar-refractivity contribution >= 4 is 45.0 Å². The number of amides is 1. The molecule has 9 heteroatoms. The van der Waals surface area contributed by atoms with E-state index in [1.165, 1.54) is 6.07 Å². The number of nitrogens with zero attached hydrogens (tertiary/aromatic N) is 3. The molecule has 1 amide bonds. The first kappa shape index (κ1) is 22.6. The molecule has 0 N–H and O–H groups in total. The molecule has 2 aromatic carbocycles. The molecular formula is C21H22ClF2N3O2S. The van der Waals surface area contributed by atoms with Crippen LogP contribution >= 0.6 is 23.7 Å². The zero-order valence-electron chi connectivity index (χ0n) is 16.4. The quantitative estimate of drug-likeness (QED) is 0.578. The molecular weight excluding hydrogens is 432 g/mol. The molecule has 5 nitrogen and oxygen atoms in total. The molecule has 0 aliphatic carbocycles. The molecule has 1 aromatic heterocycles. The van der Waals surface area contributed by atoms with Crippen LogP contribution in [0.15, 0.2) is 36.4 Å². The summed E-state index contributed by atoms with van der Waals surface area (Å²) in [5, 5.41) is 0.365. The van der Waals surface area contributed by atoms with Gasteiger partial charge in [-0.2, -0.15) is 0 Å². The van der Waals surface area contributed by atoms with E-state index in [1.54, 1.807) is 11.0 Å². The van der Waals surface area contributed by atoms with Gasteiger partial charge >= 0.3 is 0 Å². The van der Waals surface area contributed by atoms with E-state index in [9.17, 15) is 13.6 Å². The van der Waals surface area contributed by atoms with Crippen molar-refractivity contribution in [2.24, 2.45) is 0 Å². The van der Waals surface area contributed by atoms with Gasteiger partial charge in [-0.05, 0) is 25.1 Å².